The average Bonchev–Trinajstić information content (AvgIpc) is 2.73. The van der Waals surface area contributed by atoms with E-state index in [0.717, 1.165) is 10.9 Å². The second-order valence-electron chi connectivity index (χ2n) is 4.77. The summed E-state index contributed by atoms with van der Waals surface area (Å²) in [6.45, 7) is 1.21. The number of carbonyl (C=O) groups excluding carboxylic acids is 1. The van der Waals surface area contributed by atoms with Crippen LogP contribution < -0.4 is 15.2 Å². The Morgan fingerprint density at radius 2 is 1.81 bits per heavy atom. The Kier molecular flexibility index (Phi) is 3.84. The molecule has 0 atom stereocenters. The Balaban J connectivity index is 1.98. The van der Waals surface area contributed by atoms with Gasteiger partial charge < -0.3 is 15.2 Å². The summed E-state index contributed by atoms with van der Waals surface area (Å²) >= 11 is 3.36. The Bertz CT molecular complexity index is 700. The third-order valence-electron chi connectivity index (χ3n) is 3.27. The van der Waals surface area contributed by atoms with Crippen molar-refractivity contribution in [3.05, 3.63) is 52.0 Å². The molecular weight excluding hydrogens is 334 g/mol. The highest BCUT2D eigenvalue weighted by Gasteiger charge is 2.17. The molecule has 108 valence electrons. The maximum atomic E-state index is 12.6. The van der Waals surface area contributed by atoms with Crippen LogP contribution in [-0.4, -0.2) is 19.0 Å². The Morgan fingerprint density at radius 1 is 1.05 bits per heavy atom. The van der Waals surface area contributed by atoms with Crippen molar-refractivity contribution in [2.75, 3.05) is 18.9 Å². The summed E-state index contributed by atoms with van der Waals surface area (Å²) in [5, 5.41) is 0. The number of rotatable bonds is 2. The third kappa shape index (κ3) is 2.88. The predicted octanol–water partition coefficient (Wildman–Crippen LogP) is 3.42. The van der Waals surface area contributed by atoms with Gasteiger partial charge in [-0.05, 0) is 36.4 Å². The highest BCUT2D eigenvalue weighted by Crippen LogP contribution is 2.32. The van der Waals surface area contributed by atoms with Crippen LogP contribution in [0.3, 0.4) is 0 Å². The topological polar surface area (TPSA) is 61.6 Å². The first-order valence-electron chi connectivity index (χ1n) is 6.64. The fourth-order valence-electron chi connectivity index (χ4n) is 2.19. The van der Waals surface area contributed by atoms with Gasteiger partial charge in [0.25, 0.3) is 0 Å². The summed E-state index contributed by atoms with van der Waals surface area (Å²) in [5.74, 6) is 1.14. The van der Waals surface area contributed by atoms with Gasteiger partial charge in [0.1, 0.15) is 0 Å². The van der Waals surface area contributed by atoms with Gasteiger partial charge in [-0.15, -0.1) is 0 Å². The van der Waals surface area contributed by atoms with E-state index in [-0.39, 0.29) is 5.78 Å². The maximum Gasteiger partial charge on any atom is 0.195 e. The molecule has 0 aliphatic carbocycles. The zero-order valence-electron chi connectivity index (χ0n) is 11.3. The summed E-state index contributed by atoms with van der Waals surface area (Å²) in [5.41, 5.74) is 7.35. The van der Waals surface area contributed by atoms with Crippen molar-refractivity contribution in [2.45, 2.75) is 6.42 Å². The molecule has 1 heterocycles. The van der Waals surface area contributed by atoms with Gasteiger partial charge in [-0.3, -0.25) is 4.79 Å². The second-order valence-corrected chi connectivity index (χ2v) is 5.69. The third-order valence-corrected chi connectivity index (χ3v) is 3.76. The molecule has 0 bridgehead atoms. The van der Waals surface area contributed by atoms with Crippen LogP contribution in [0.5, 0.6) is 11.5 Å². The summed E-state index contributed by atoms with van der Waals surface area (Å²) in [6, 6.07) is 10.4. The average molecular weight is 348 g/mol. The number of hydrogen-bond acceptors (Lipinski definition) is 4. The number of nitrogens with two attached hydrogens (primary N) is 1. The maximum absolute atomic E-state index is 12.6. The normalized spacial score (nSPS) is 13.6. The number of fused-ring (bicyclic) bond motifs is 1. The predicted molar refractivity (Wildman–Crippen MR) is 84.0 cm³/mol. The molecule has 0 spiro atoms. The molecule has 0 radical (unpaired) electrons. The lowest BCUT2D eigenvalue weighted by Gasteiger charge is -2.10. The van der Waals surface area contributed by atoms with Crippen molar-refractivity contribution >= 4 is 27.4 Å². The number of ether oxygens (including phenoxy) is 2. The SMILES string of the molecule is Nc1ccc(Br)cc1C(=O)c1ccc2c(c1)OCCCO2. The van der Waals surface area contributed by atoms with E-state index in [1.807, 2.05) is 0 Å². The minimum Gasteiger partial charge on any atom is -0.490 e. The van der Waals surface area contributed by atoms with Crippen molar-refractivity contribution in [1.82, 2.24) is 0 Å². The minimum absolute atomic E-state index is 0.135. The summed E-state index contributed by atoms with van der Waals surface area (Å²) in [6.07, 6.45) is 0.830. The summed E-state index contributed by atoms with van der Waals surface area (Å²) in [7, 11) is 0. The molecule has 21 heavy (non-hydrogen) atoms. The van der Waals surface area contributed by atoms with Crippen LogP contribution in [0.2, 0.25) is 0 Å². The van der Waals surface area contributed by atoms with Gasteiger partial charge in [0.2, 0.25) is 0 Å². The van der Waals surface area contributed by atoms with E-state index in [1.54, 1.807) is 36.4 Å². The number of ketones is 1. The molecule has 4 nitrogen and oxygen atoms in total. The van der Waals surface area contributed by atoms with Gasteiger partial charge in [0.05, 0.1) is 13.2 Å². The van der Waals surface area contributed by atoms with E-state index >= 15 is 0 Å². The number of anilines is 1. The fraction of sp³-hybridized carbons (Fsp3) is 0.188. The van der Waals surface area contributed by atoms with Crippen molar-refractivity contribution < 1.29 is 14.3 Å². The molecule has 0 amide bonds. The van der Waals surface area contributed by atoms with Gasteiger partial charge in [-0.1, -0.05) is 15.9 Å². The van der Waals surface area contributed by atoms with Gasteiger partial charge in [-0.25, -0.2) is 0 Å². The molecule has 2 aromatic rings. The molecular formula is C16H14BrNO3. The largest absolute Gasteiger partial charge is 0.490 e. The Labute approximate surface area is 131 Å². The molecule has 3 rings (SSSR count). The highest BCUT2D eigenvalue weighted by molar-refractivity contribution is 9.10. The van der Waals surface area contributed by atoms with Crippen LogP contribution in [0.4, 0.5) is 5.69 Å². The molecule has 1 aliphatic rings. The first-order chi connectivity index (χ1) is 10.1. The van der Waals surface area contributed by atoms with Crippen molar-refractivity contribution in [3.63, 3.8) is 0 Å². The number of halogens is 1. The lowest BCUT2D eigenvalue weighted by atomic mass is 10.0. The first kappa shape index (κ1) is 13.9. The quantitative estimate of drug-likeness (QED) is 0.667. The van der Waals surface area contributed by atoms with Gasteiger partial charge in [-0.2, -0.15) is 0 Å². The highest BCUT2D eigenvalue weighted by atomic mass is 79.9. The van der Waals surface area contributed by atoms with Crippen molar-refractivity contribution in [2.24, 2.45) is 0 Å². The Morgan fingerprint density at radius 3 is 2.62 bits per heavy atom. The standard InChI is InChI=1S/C16H14BrNO3/c17-11-3-4-13(18)12(9-11)16(19)10-2-5-14-15(8-10)21-7-1-6-20-14/h2-5,8-9H,1,6-7,18H2. The molecule has 1 aliphatic heterocycles. The van der Waals surface area contributed by atoms with E-state index in [4.69, 9.17) is 15.2 Å². The number of carbonyl (C=O) groups is 1. The molecule has 0 aromatic heterocycles. The summed E-state index contributed by atoms with van der Waals surface area (Å²) in [4.78, 5) is 12.6. The van der Waals surface area contributed by atoms with E-state index in [0.29, 0.717) is 41.5 Å². The smallest absolute Gasteiger partial charge is 0.195 e. The van der Waals surface area contributed by atoms with Crippen LogP contribution >= 0.6 is 15.9 Å². The van der Waals surface area contributed by atoms with Crippen LogP contribution in [0.15, 0.2) is 40.9 Å². The lowest BCUT2D eigenvalue weighted by Crippen LogP contribution is -2.06. The zero-order valence-corrected chi connectivity index (χ0v) is 12.9. The van der Waals surface area contributed by atoms with E-state index in [9.17, 15) is 4.79 Å². The minimum atomic E-state index is -0.135. The van der Waals surface area contributed by atoms with Crippen LogP contribution in [-0.2, 0) is 0 Å². The molecule has 0 saturated carbocycles. The van der Waals surface area contributed by atoms with Gasteiger partial charge in [0, 0.05) is 27.7 Å². The Hall–Kier alpha value is -2.01. The van der Waals surface area contributed by atoms with Gasteiger partial charge in [0.15, 0.2) is 17.3 Å². The monoisotopic (exact) mass is 347 g/mol. The van der Waals surface area contributed by atoms with Crippen LogP contribution in [0.1, 0.15) is 22.3 Å². The van der Waals surface area contributed by atoms with E-state index < -0.39 is 0 Å². The first-order valence-corrected chi connectivity index (χ1v) is 7.44. The molecule has 2 aromatic carbocycles. The lowest BCUT2D eigenvalue weighted by molar-refractivity contribution is 0.103. The fourth-order valence-corrected chi connectivity index (χ4v) is 2.55. The van der Waals surface area contributed by atoms with Gasteiger partial charge >= 0.3 is 0 Å². The molecule has 0 saturated heterocycles. The van der Waals surface area contributed by atoms with E-state index in [1.165, 1.54) is 0 Å². The number of nitrogen functional groups attached to an aromatic ring is 1. The van der Waals surface area contributed by atoms with E-state index in [2.05, 4.69) is 15.9 Å². The molecule has 0 fully saturated rings. The van der Waals surface area contributed by atoms with Crippen molar-refractivity contribution in [1.29, 1.82) is 0 Å². The molecule has 5 heteroatoms. The number of hydrogen-bond donors (Lipinski definition) is 1. The number of benzene rings is 2. The van der Waals surface area contributed by atoms with Crippen LogP contribution in [0, 0.1) is 0 Å². The summed E-state index contributed by atoms with van der Waals surface area (Å²) < 4.78 is 12.0. The second kappa shape index (κ2) is 5.77. The van der Waals surface area contributed by atoms with Crippen LogP contribution in [0.25, 0.3) is 0 Å². The molecule has 0 unspecified atom stereocenters. The zero-order chi connectivity index (χ0) is 14.8. The molecule has 2 N–H and O–H groups in total. The van der Waals surface area contributed by atoms with Crippen molar-refractivity contribution in [3.8, 4) is 11.5 Å².